The molecule has 0 bridgehead atoms. The second-order valence-electron chi connectivity index (χ2n) is 9.73. The highest BCUT2D eigenvalue weighted by Crippen LogP contribution is 2.33. The Kier molecular flexibility index (Phi) is 4.79. The lowest BCUT2D eigenvalue weighted by atomic mass is 10.0. The van der Waals surface area contributed by atoms with Crippen LogP contribution in [0.5, 0.6) is 0 Å². The van der Waals surface area contributed by atoms with Gasteiger partial charge in [-0.25, -0.2) is 9.97 Å². The molecular formula is C35H21N3O. The zero-order chi connectivity index (χ0) is 25.8. The molecule has 39 heavy (non-hydrogen) atoms. The average molecular weight is 500 g/mol. The quantitative estimate of drug-likeness (QED) is 0.228. The van der Waals surface area contributed by atoms with E-state index >= 15 is 0 Å². The molecule has 4 aromatic heterocycles. The Hall–Kier alpha value is -5.35. The molecule has 4 aromatic carbocycles. The summed E-state index contributed by atoms with van der Waals surface area (Å²) in [6, 6.07) is 39.7. The molecule has 0 aliphatic rings. The normalized spacial score (nSPS) is 11.6. The molecule has 4 heterocycles. The Labute approximate surface area is 224 Å². The van der Waals surface area contributed by atoms with Crippen molar-refractivity contribution in [3.8, 4) is 33.6 Å². The third-order valence-electron chi connectivity index (χ3n) is 7.37. The first-order chi connectivity index (χ1) is 19.3. The summed E-state index contributed by atoms with van der Waals surface area (Å²) in [5, 5.41) is 4.41. The maximum Gasteiger partial charge on any atom is 0.135 e. The van der Waals surface area contributed by atoms with Gasteiger partial charge in [-0.3, -0.25) is 4.98 Å². The summed E-state index contributed by atoms with van der Waals surface area (Å²) in [5.41, 5.74) is 9.80. The molecule has 0 unspecified atom stereocenters. The number of rotatable bonds is 3. The smallest absolute Gasteiger partial charge is 0.135 e. The summed E-state index contributed by atoms with van der Waals surface area (Å²) in [7, 11) is 0. The fraction of sp³-hybridized carbons (Fsp3) is 0. The van der Waals surface area contributed by atoms with E-state index in [0.717, 1.165) is 77.4 Å². The van der Waals surface area contributed by atoms with Gasteiger partial charge in [0.05, 0.1) is 22.4 Å². The van der Waals surface area contributed by atoms with Crippen molar-refractivity contribution in [3.63, 3.8) is 0 Å². The Balaban J connectivity index is 1.19. The predicted octanol–water partition coefficient (Wildman–Crippen LogP) is 9.08. The molecule has 0 N–H and O–H groups in total. The standard InChI is InChI=1S/C35H21N3O/c1-2-6-32-28(5-1)29-20-26(15-18-33(29)39-32)22-7-9-23(10-8-22)30-16-13-24-11-12-25-14-17-31(27-4-3-19-36-21-27)38-35(25)34(24)37-30/h1-21H. The van der Waals surface area contributed by atoms with Crippen LogP contribution in [0.4, 0.5) is 0 Å². The second kappa shape index (κ2) is 8.61. The molecule has 0 spiro atoms. The van der Waals surface area contributed by atoms with Crippen LogP contribution in [-0.4, -0.2) is 15.0 Å². The van der Waals surface area contributed by atoms with Crippen LogP contribution in [0.1, 0.15) is 0 Å². The van der Waals surface area contributed by atoms with Crippen molar-refractivity contribution in [2.45, 2.75) is 0 Å². The first-order valence-corrected chi connectivity index (χ1v) is 12.9. The fourth-order valence-electron chi connectivity index (χ4n) is 5.34. The van der Waals surface area contributed by atoms with Gasteiger partial charge in [0.2, 0.25) is 0 Å². The van der Waals surface area contributed by atoms with E-state index in [1.54, 1.807) is 6.20 Å². The van der Waals surface area contributed by atoms with Crippen LogP contribution in [0.15, 0.2) is 132 Å². The SMILES string of the molecule is c1cncc(-c2ccc3ccc4ccc(-c5ccc(-c6ccc7oc8ccccc8c7c6)cc5)nc4c3n2)c1. The second-order valence-corrected chi connectivity index (χ2v) is 9.73. The van der Waals surface area contributed by atoms with Crippen LogP contribution in [0.25, 0.3) is 77.4 Å². The third kappa shape index (κ3) is 3.65. The largest absolute Gasteiger partial charge is 0.456 e. The minimum Gasteiger partial charge on any atom is -0.456 e. The monoisotopic (exact) mass is 499 g/mol. The fourth-order valence-corrected chi connectivity index (χ4v) is 5.34. The van der Waals surface area contributed by atoms with Crippen molar-refractivity contribution in [1.82, 2.24) is 15.0 Å². The first kappa shape index (κ1) is 21.7. The maximum absolute atomic E-state index is 6.00. The molecule has 182 valence electrons. The first-order valence-electron chi connectivity index (χ1n) is 12.9. The van der Waals surface area contributed by atoms with Gasteiger partial charge in [0.1, 0.15) is 11.2 Å². The van der Waals surface area contributed by atoms with E-state index in [1.807, 2.05) is 42.6 Å². The molecule has 8 aromatic rings. The molecule has 0 radical (unpaired) electrons. The van der Waals surface area contributed by atoms with Crippen LogP contribution >= 0.6 is 0 Å². The summed E-state index contributed by atoms with van der Waals surface area (Å²) in [4.78, 5) is 14.3. The van der Waals surface area contributed by atoms with Crippen molar-refractivity contribution >= 4 is 43.7 Å². The number of pyridine rings is 3. The molecule has 4 heteroatoms. The van der Waals surface area contributed by atoms with Gasteiger partial charge in [-0.15, -0.1) is 0 Å². The number of nitrogens with zero attached hydrogens (tertiary/aromatic N) is 3. The van der Waals surface area contributed by atoms with Crippen LogP contribution in [-0.2, 0) is 0 Å². The summed E-state index contributed by atoms with van der Waals surface area (Å²) in [6.07, 6.45) is 3.61. The number of hydrogen-bond donors (Lipinski definition) is 0. The van der Waals surface area contributed by atoms with Gasteiger partial charge in [0.25, 0.3) is 0 Å². The highest BCUT2D eigenvalue weighted by molar-refractivity contribution is 6.06. The predicted molar refractivity (Wildman–Crippen MR) is 158 cm³/mol. The Bertz CT molecular complexity index is 2160. The summed E-state index contributed by atoms with van der Waals surface area (Å²) in [5.74, 6) is 0. The van der Waals surface area contributed by atoms with Crippen molar-refractivity contribution in [2.24, 2.45) is 0 Å². The van der Waals surface area contributed by atoms with Gasteiger partial charge in [-0.2, -0.15) is 0 Å². The molecule has 0 atom stereocenters. The highest BCUT2D eigenvalue weighted by atomic mass is 16.3. The van der Waals surface area contributed by atoms with Gasteiger partial charge >= 0.3 is 0 Å². The lowest BCUT2D eigenvalue weighted by Gasteiger charge is -2.09. The Morgan fingerprint density at radius 3 is 1.85 bits per heavy atom. The molecule has 0 saturated heterocycles. The summed E-state index contributed by atoms with van der Waals surface area (Å²) < 4.78 is 6.00. The molecule has 4 nitrogen and oxygen atoms in total. The number of para-hydroxylation sites is 1. The van der Waals surface area contributed by atoms with Crippen LogP contribution in [0, 0.1) is 0 Å². The van der Waals surface area contributed by atoms with Gasteiger partial charge in [0.15, 0.2) is 0 Å². The molecule has 0 aliphatic carbocycles. The lowest BCUT2D eigenvalue weighted by Crippen LogP contribution is -1.91. The van der Waals surface area contributed by atoms with Gasteiger partial charge in [0, 0.05) is 45.1 Å². The molecular weight excluding hydrogens is 478 g/mol. The highest BCUT2D eigenvalue weighted by Gasteiger charge is 2.11. The van der Waals surface area contributed by atoms with E-state index in [0.29, 0.717) is 0 Å². The molecule has 0 aliphatic heterocycles. The van der Waals surface area contributed by atoms with Crippen molar-refractivity contribution in [1.29, 1.82) is 0 Å². The van der Waals surface area contributed by atoms with Crippen LogP contribution in [0.2, 0.25) is 0 Å². The van der Waals surface area contributed by atoms with E-state index in [2.05, 4.69) is 83.8 Å². The van der Waals surface area contributed by atoms with Crippen molar-refractivity contribution in [2.75, 3.05) is 0 Å². The maximum atomic E-state index is 6.00. The number of furan rings is 1. The number of fused-ring (bicyclic) bond motifs is 6. The number of benzene rings is 4. The van der Waals surface area contributed by atoms with Crippen molar-refractivity contribution < 1.29 is 4.42 Å². The molecule has 0 fully saturated rings. The average Bonchev–Trinajstić information content (AvgIpc) is 3.39. The number of aromatic nitrogens is 3. The molecule has 8 rings (SSSR count). The van der Waals surface area contributed by atoms with Gasteiger partial charge in [-0.1, -0.05) is 72.8 Å². The lowest BCUT2D eigenvalue weighted by molar-refractivity contribution is 0.669. The van der Waals surface area contributed by atoms with Gasteiger partial charge < -0.3 is 4.42 Å². The minimum atomic E-state index is 0.891. The number of hydrogen-bond acceptors (Lipinski definition) is 4. The topological polar surface area (TPSA) is 51.8 Å². The van der Waals surface area contributed by atoms with Crippen molar-refractivity contribution in [3.05, 3.63) is 128 Å². The Morgan fingerprint density at radius 2 is 1.10 bits per heavy atom. The minimum absolute atomic E-state index is 0.891. The summed E-state index contributed by atoms with van der Waals surface area (Å²) in [6.45, 7) is 0. The van der Waals surface area contributed by atoms with Crippen LogP contribution in [0.3, 0.4) is 0 Å². The molecule has 0 amide bonds. The zero-order valence-electron chi connectivity index (χ0n) is 20.9. The van der Waals surface area contributed by atoms with E-state index in [9.17, 15) is 0 Å². The van der Waals surface area contributed by atoms with Gasteiger partial charge in [-0.05, 0) is 53.6 Å². The molecule has 0 saturated carbocycles. The van der Waals surface area contributed by atoms with Crippen LogP contribution < -0.4 is 0 Å². The van der Waals surface area contributed by atoms with E-state index in [-0.39, 0.29) is 0 Å². The van der Waals surface area contributed by atoms with E-state index in [1.165, 1.54) is 0 Å². The zero-order valence-corrected chi connectivity index (χ0v) is 20.9. The van der Waals surface area contributed by atoms with E-state index in [4.69, 9.17) is 14.4 Å². The third-order valence-corrected chi connectivity index (χ3v) is 7.37. The van der Waals surface area contributed by atoms with E-state index < -0.39 is 0 Å². The Morgan fingerprint density at radius 1 is 0.462 bits per heavy atom. The summed E-state index contributed by atoms with van der Waals surface area (Å²) >= 11 is 0.